The van der Waals surface area contributed by atoms with Crippen LogP contribution in [0.2, 0.25) is 0 Å². The Labute approximate surface area is 90.4 Å². The number of hydrogen-bond acceptors (Lipinski definition) is 3. The zero-order chi connectivity index (χ0) is 10.6. The number of allylic oxidation sites excluding steroid dienone is 1. The molecule has 0 aromatic carbocycles. The van der Waals surface area contributed by atoms with E-state index in [0.717, 1.165) is 18.8 Å². The summed E-state index contributed by atoms with van der Waals surface area (Å²) >= 11 is 5.98. The van der Waals surface area contributed by atoms with Gasteiger partial charge in [0, 0.05) is 12.2 Å². The summed E-state index contributed by atoms with van der Waals surface area (Å²) in [6.07, 6.45) is 2.35. The van der Waals surface area contributed by atoms with Gasteiger partial charge in [-0.25, -0.2) is 4.99 Å². The third-order valence-electron chi connectivity index (χ3n) is 2.34. The third kappa shape index (κ3) is 2.64. The number of aliphatic imine (C=N–C) groups is 1. The van der Waals surface area contributed by atoms with Crippen LogP contribution < -0.4 is 0 Å². The van der Waals surface area contributed by atoms with Gasteiger partial charge in [0.15, 0.2) is 5.16 Å². The van der Waals surface area contributed by atoms with E-state index in [1.54, 1.807) is 7.11 Å². The number of nitrogens with zero attached hydrogens (tertiary/aromatic N) is 2. The van der Waals surface area contributed by atoms with Gasteiger partial charge in [-0.15, -0.1) is 0 Å². The van der Waals surface area contributed by atoms with Gasteiger partial charge in [0.25, 0.3) is 0 Å². The van der Waals surface area contributed by atoms with E-state index >= 15 is 0 Å². The monoisotopic (exact) mass is 216 g/mol. The van der Waals surface area contributed by atoms with Crippen molar-refractivity contribution in [1.82, 2.24) is 4.90 Å². The second kappa shape index (κ2) is 5.25. The summed E-state index contributed by atoms with van der Waals surface area (Å²) in [5, 5.41) is 0.546. The lowest BCUT2D eigenvalue weighted by Crippen LogP contribution is -2.33. The molecule has 0 unspecified atom stereocenters. The molecular formula is C10H17ClN2O. The fourth-order valence-electron chi connectivity index (χ4n) is 1.34. The van der Waals surface area contributed by atoms with E-state index in [1.807, 2.05) is 6.92 Å². The van der Waals surface area contributed by atoms with Crippen LogP contribution >= 0.6 is 11.6 Å². The van der Waals surface area contributed by atoms with Crippen molar-refractivity contribution >= 4 is 17.5 Å². The maximum absolute atomic E-state index is 5.98. The Morgan fingerprint density at radius 2 is 2.29 bits per heavy atom. The zero-order valence-electron chi connectivity index (χ0n) is 9.01. The smallest absolute Gasteiger partial charge is 0.209 e. The molecule has 0 aromatic heterocycles. The fourth-order valence-corrected chi connectivity index (χ4v) is 1.56. The zero-order valence-corrected chi connectivity index (χ0v) is 9.76. The molecule has 0 bridgehead atoms. The summed E-state index contributed by atoms with van der Waals surface area (Å²) in [5.41, 5.74) is 1.04. The van der Waals surface area contributed by atoms with Crippen molar-refractivity contribution in [2.45, 2.75) is 26.7 Å². The van der Waals surface area contributed by atoms with Crippen LogP contribution in [0.1, 0.15) is 26.7 Å². The van der Waals surface area contributed by atoms with Gasteiger partial charge in [-0.05, 0) is 13.3 Å². The predicted octanol–water partition coefficient (Wildman–Crippen LogP) is 2.57. The summed E-state index contributed by atoms with van der Waals surface area (Å²) in [7, 11) is 1.63. The van der Waals surface area contributed by atoms with Gasteiger partial charge in [-0.2, -0.15) is 0 Å². The molecule has 0 radical (unpaired) electrons. The molecule has 1 heterocycles. The molecule has 0 atom stereocenters. The standard InChI is InChI=1S/C10H17ClN2O/c1-4-5-6-13-7-9(14-3)12-10(11)8(13)2/h4-7H2,1-3H3. The Morgan fingerprint density at radius 3 is 2.86 bits per heavy atom. The van der Waals surface area contributed by atoms with Crippen molar-refractivity contribution in [2.75, 3.05) is 20.2 Å². The van der Waals surface area contributed by atoms with E-state index in [-0.39, 0.29) is 0 Å². The van der Waals surface area contributed by atoms with E-state index in [2.05, 4.69) is 16.8 Å². The average Bonchev–Trinajstić information content (AvgIpc) is 2.20. The molecule has 3 nitrogen and oxygen atoms in total. The SMILES string of the molecule is CCCCN1CC(OC)=NC(Cl)=C1C. The number of methoxy groups -OCH3 is 1. The number of unbranched alkanes of at least 4 members (excludes halogenated alkanes) is 1. The van der Waals surface area contributed by atoms with Crippen molar-refractivity contribution in [1.29, 1.82) is 0 Å². The van der Waals surface area contributed by atoms with Crippen LogP contribution in [-0.4, -0.2) is 31.0 Å². The minimum Gasteiger partial charge on any atom is -0.483 e. The highest BCUT2D eigenvalue weighted by Gasteiger charge is 2.17. The molecule has 0 aliphatic carbocycles. The van der Waals surface area contributed by atoms with Gasteiger partial charge in [-0.1, -0.05) is 24.9 Å². The van der Waals surface area contributed by atoms with Crippen LogP contribution in [0.5, 0.6) is 0 Å². The molecule has 0 amide bonds. The van der Waals surface area contributed by atoms with E-state index in [1.165, 1.54) is 12.8 Å². The molecule has 0 fully saturated rings. The van der Waals surface area contributed by atoms with Crippen molar-refractivity contribution in [3.8, 4) is 0 Å². The third-order valence-corrected chi connectivity index (χ3v) is 2.70. The summed E-state index contributed by atoms with van der Waals surface area (Å²) in [5.74, 6) is 0.691. The molecule has 0 aromatic rings. The van der Waals surface area contributed by atoms with E-state index in [9.17, 15) is 0 Å². The molecule has 1 aliphatic rings. The van der Waals surface area contributed by atoms with Crippen LogP contribution in [0.25, 0.3) is 0 Å². The normalized spacial score (nSPS) is 17.1. The van der Waals surface area contributed by atoms with Crippen molar-refractivity contribution in [2.24, 2.45) is 4.99 Å². The highest BCUT2D eigenvalue weighted by Crippen LogP contribution is 2.20. The number of ether oxygens (including phenoxy) is 1. The van der Waals surface area contributed by atoms with Crippen LogP contribution in [0.15, 0.2) is 15.8 Å². The molecule has 80 valence electrons. The highest BCUT2D eigenvalue weighted by atomic mass is 35.5. The lowest BCUT2D eigenvalue weighted by molar-refractivity contribution is 0.318. The van der Waals surface area contributed by atoms with Crippen LogP contribution in [0, 0.1) is 0 Å². The second-order valence-electron chi connectivity index (χ2n) is 3.36. The van der Waals surface area contributed by atoms with Crippen molar-refractivity contribution < 1.29 is 4.74 Å². The fraction of sp³-hybridized carbons (Fsp3) is 0.700. The Hall–Kier alpha value is -0.700. The number of halogens is 1. The minimum absolute atomic E-state index is 0.546. The number of hydrogen-bond donors (Lipinski definition) is 0. The van der Waals surface area contributed by atoms with Gasteiger partial charge < -0.3 is 9.64 Å². The molecule has 0 saturated carbocycles. The molecular weight excluding hydrogens is 200 g/mol. The lowest BCUT2D eigenvalue weighted by atomic mass is 10.3. The lowest BCUT2D eigenvalue weighted by Gasteiger charge is -2.28. The predicted molar refractivity (Wildman–Crippen MR) is 59.5 cm³/mol. The molecule has 0 saturated heterocycles. The van der Waals surface area contributed by atoms with Gasteiger partial charge in [0.2, 0.25) is 5.90 Å². The van der Waals surface area contributed by atoms with E-state index in [0.29, 0.717) is 11.1 Å². The Balaban J connectivity index is 2.67. The first-order valence-corrected chi connectivity index (χ1v) is 5.29. The van der Waals surface area contributed by atoms with Crippen LogP contribution in [0.3, 0.4) is 0 Å². The summed E-state index contributed by atoms with van der Waals surface area (Å²) in [4.78, 5) is 6.34. The van der Waals surface area contributed by atoms with Gasteiger partial charge in [-0.3, -0.25) is 0 Å². The molecule has 0 spiro atoms. The maximum atomic E-state index is 5.98. The molecule has 0 N–H and O–H groups in total. The Morgan fingerprint density at radius 1 is 1.57 bits per heavy atom. The van der Waals surface area contributed by atoms with E-state index < -0.39 is 0 Å². The molecule has 14 heavy (non-hydrogen) atoms. The Bertz CT molecular complexity index is 261. The van der Waals surface area contributed by atoms with Gasteiger partial charge in [0.05, 0.1) is 13.7 Å². The van der Waals surface area contributed by atoms with Gasteiger partial charge >= 0.3 is 0 Å². The molecule has 1 rings (SSSR count). The quantitative estimate of drug-likeness (QED) is 0.678. The first kappa shape index (κ1) is 11.4. The van der Waals surface area contributed by atoms with E-state index in [4.69, 9.17) is 16.3 Å². The van der Waals surface area contributed by atoms with Crippen molar-refractivity contribution in [3.05, 3.63) is 10.9 Å². The average molecular weight is 217 g/mol. The summed E-state index contributed by atoms with van der Waals surface area (Å²) < 4.78 is 5.11. The Kier molecular flexibility index (Phi) is 4.26. The van der Waals surface area contributed by atoms with Crippen LogP contribution in [0.4, 0.5) is 0 Å². The first-order valence-electron chi connectivity index (χ1n) is 4.92. The largest absolute Gasteiger partial charge is 0.483 e. The first-order chi connectivity index (χ1) is 6.69. The second-order valence-corrected chi connectivity index (χ2v) is 3.72. The summed E-state index contributed by atoms with van der Waals surface area (Å²) in [6, 6.07) is 0. The van der Waals surface area contributed by atoms with Crippen molar-refractivity contribution in [3.63, 3.8) is 0 Å². The highest BCUT2D eigenvalue weighted by molar-refractivity contribution is 6.30. The van der Waals surface area contributed by atoms with Crippen LogP contribution in [-0.2, 0) is 4.74 Å². The topological polar surface area (TPSA) is 24.8 Å². The van der Waals surface area contributed by atoms with Gasteiger partial charge in [0.1, 0.15) is 0 Å². The maximum Gasteiger partial charge on any atom is 0.209 e. The summed E-state index contributed by atoms with van der Waals surface area (Å²) in [6.45, 7) is 5.92. The minimum atomic E-state index is 0.546. The molecule has 1 aliphatic heterocycles. The number of rotatable bonds is 3. The molecule has 4 heteroatoms.